The minimum atomic E-state index is 0.244. The lowest BCUT2D eigenvalue weighted by molar-refractivity contribution is -0.123. The van der Waals surface area contributed by atoms with Crippen LogP contribution in [0.2, 0.25) is 5.02 Å². The van der Waals surface area contributed by atoms with Gasteiger partial charge in [-0.2, -0.15) is 0 Å². The number of hydrogen-bond acceptors (Lipinski definition) is 2. The third-order valence-electron chi connectivity index (χ3n) is 4.71. The van der Waals surface area contributed by atoms with Crippen LogP contribution in [0.15, 0.2) is 24.3 Å². The highest BCUT2D eigenvalue weighted by atomic mass is 35.5. The zero-order valence-corrected chi connectivity index (χ0v) is 12.4. The molecule has 1 spiro atoms. The molecule has 1 aliphatic heterocycles. The predicted octanol–water partition coefficient (Wildman–Crippen LogP) is 2.39. The Morgan fingerprint density at radius 3 is 2.95 bits per heavy atom. The summed E-state index contributed by atoms with van der Waals surface area (Å²) in [5.74, 6) is 0.498. The van der Waals surface area contributed by atoms with E-state index in [1.165, 1.54) is 5.56 Å². The SMILES string of the molecule is O=C(NCCc1cccc(Cl)c1)C1CC12CCNCC2. The lowest BCUT2D eigenvalue weighted by atomic mass is 9.92. The van der Waals surface area contributed by atoms with Crippen LogP contribution in [0, 0.1) is 11.3 Å². The van der Waals surface area contributed by atoms with Crippen LogP contribution in [0.1, 0.15) is 24.8 Å². The van der Waals surface area contributed by atoms with Gasteiger partial charge in [0.2, 0.25) is 5.91 Å². The number of piperidine rings is 1. The first-order valence-electron chi connectivity index (χ1n) is 7.42. The van der Waals surface area contributed by atoms with E-state index in [1.54, 1.807) is 0 Å². The average Bonchev–Trinajstić information content (AvgIpc) is 3.13. The summed E-state index contributed by atoms with van der Waals surface area (Å²) in [7, 11) is 0. The molecule has 1 unspecified atom stereocenters. The second-order valence-electron chi connectivity index (χ2n) is 6.04. The van der Waals surface area contributed by atoms with Crippen molar-refractivity contribution in [3.05, 3.63) is 34.9 Å². The number of amides is 1. The van der Waals surface area contributed by atoms with Crippen LogP contribution in [0.3, 0.4) is 0 Å². The van der Waals surface area contributed by atoms with Gasteiger partial charge >= 0.3 is 0 Å². The van der Waals surface area contributed by atoms with Crippen LogP contribution in [-0.2, 0) is 11.2 Å². The quantitative estimate of drug-likeness (QED) is 0.895. The van der Waals surface area contributed by atoms with Gasteiger partial charge in [0.25, 0.3) is 0 Å². The van der Waals surface area contributed by atoms with Crippen molar-refractivity contribution in [2.45, 2.75) is 25.7 Å². The minimum Gasteiger partial charge on any atom is -0.356 e. The van der Waals surface area contributed by atoms with Crippen LogP contribution in [0.5, 0.6) is 0 Å². The van der Waals surface area contributed by atoms with Gasteiger partial charge in [-0.25, -0.2) is 0 Å². The lowest BCUT2D eigenvalue weighted by Gasteiger charge is -2.23. The van der Waals surface area contributed by atoms with Crippen molar-refractivity contribution < 1.29 is 4.79 Å². The summed E-state index contributed by atoms with van der Waals surface area (Å²) < 4.78 is 0. The zero-order valence-electron chi connectivity index (χ0n) is 11.6. The molecule has 2 aliphatic rings. The van der Waals surface area contributed by atoms with E-state index in [9.17, 15) is 4.79 Å². The Labute approximate surface area is 125 Å². The van der Waals surface area contributed by atoms with Gasteiger partial charge in [0.05, 0.1) is 0 Å². The van der Waals surface area contributed by atoms with Gasteiger partial charge in [-0.15, -0.1) is 0 Å². The summed E-state index contributed by atoms with van der Waals surface area (Å²) in [6.45, 7) is 2.82. The van der Waals surface area contributed by atoms with Crippen LogP contribution in [0.25, 0.3) is 0 Å². The van der Waals surface area contributed by atoms with Gasteiger partial charge in [-0.1, -0.05) is 23.7 Å². The molecule has 1 aromatic carbocycles. The summed E-state index contributed by atoms with van der Waals surface area (Å²) >= 11 is 5.95. The van der Waals surface area contributed by atoms with Crippen molar-refractivity contribution in [2.24, 2.45) is 11.3 Å². The average molecular weight is 293 g/mol. The number of carbonyl (C=O) groups is 1. The van der Waals surface area contributed by atoms with E-state index in [2.05, 4.69) is 10.6 Å². The predicted molar refractivity (Wildman–Crippen MR) is 80.8 cm³/mol. The Bertz CT molecular complexity index is 497. The van der Waals surface area contributed by atoms with Gasteiger partial charge in [-0.3, -0.25) is 4.79 Å². The van der Waals surface area contributed by atoms with E-state index >= 15 is 0 Å². The molecule has 1 heterocycles. The maximum Gasteiger partial charge on any atom is 0.223 e. The molecule has 0 radical (unpaired) electrons. The molecule has 20 heavy (non-hydrogen) atoms. The van der Waals surface area contributed by atoms with Gasteiger partial charge in [0, 0.05) is 17.5 Å². The molecule has 3 rings (SSSR count). The number of rotatable bonds is 4. The van der Waals surface area contributed by atoms with Crippen molar-refractivity contribution >= 4 is 17.5 Å². The molecule has 1 saturated carbocycles. The molecular formula is C16H21ClN2O. The topological polar surface area (TPSA) is 41.1 Å². The molecule has 108 valence electrons. The molecule has 1 saturated heterocycles. The fourth-order valence-electron chi connectivity index (χ4n) is 3.34. The van der Waals surface area contributed by atoms with Crippen LogP contribution >= 0.6 is 11.6 Å². The number of halogens is 1. The van der Waals surface area contributed by atoms with Gasteiger partial charge in [0.15, 0.2) is 0 Å². The fourth-order valence-corrected chi connectivity index (χ4v) is 3.55. The lowest BCUT2D eigenvalue weighted by Crippen LogP contribution is -2.34. The Hall–Kier alpha value is -1.06. The number of benzene rings is 1. The molecule has 3 nitrogen and oxygen atoms in total. The molecule has 2 N–H and O–H groups in total. The molecule has 0 bridgehead atoms. The van der Waals surface area contributed by atoms with E-state index in [-0.39, 0.29) is 11.8 Å². The highest BCUT2D eigenvalue weighted by molar-refractivity contribution is 6.30. The zero-order chi connectivity index (χ0) is 14.0. The van der Waals surface area contributed by atoms with Crippen LogP contribution in [0.4, 0.5) is 0 Å². The molecule has 1 aliphatic carbocycles. The summed E-state index contributed by atoms with van der Waals surface area (Å²) in [5.41, 5.74) is 1.50. The first-order valence-corrected chi connectivity index (χ1v) is 7.80. The smallest absolute Gasteiger partial charge is 0.223 e. The maximum atomic E-state index is 12.2. The van der Waals surface area contributed by atoms with Crippen LogP contribution < -0.4 is 10.6 Å². The van der Waals surface area contributed by atoms with Gasteiger partial charge in [0.1, 0.15) is 0 Å². The van der Waals surface area contributed by atoms with Crippen LogP contribution in [-0.4, -0.2) is 25.5 Å². The Kier molecular flexibility index (Phi) is 3.99. The summed E-state index contributed by atoms with van der Waals surface area (Å²) in [6, 6.07) is 7.82. The molecule has 2 fully saturated rings. The standard InChI is InChI=1S/C16H21ClN2O/c17-13-3-1-2-12(10-13)4-7-19-15(20)14-11-16(14)5-8-18-9-6-16/h1-3,10,14,18H,4-9,11H2,(H,19,20). The van der Waals surface area contributed by atoms with Crippen molar-refractivity contribution in [1.82, 2.24) is 10.6 Å². The fraction of sp³-hybridized carbons (Fsp3) is 0.562. The Balaban J connectivity index is 1.44. The third-order valence-corrected chi connectivity index (χ3v) is 4.94. The van der Waals surface area contributed by atoms with E-state index in [1.807, 2.05) is 24.3 Å². The Morgan fingerprint density at radius 1 is 1.40 bits per heavy atom. The molecule has 1 aromatic rings. The normalized spacial score (nSPS) is 23.6. The first-order chi connectivity index (χ1) is 9.70. The number of hydrogen-bond donors (Lipinski definition) is 2. The molecule has 4 heteroatoms. The third kappa shape index (κ3) is 2.99. The largest absolute Gasteiger partial charge is 0.356 e. The second kappa shape index (κ2) is 5.74. The van der Waals surface area contributed by atoms with Gasteiger partial charge in [-0.05, 0) is 61.9 Å². The van der Waals surface area contributed by atoms with E-state index in [4.69, 9.17) is 11.6 Å². The van der Waals surface area contributed by atoms with E-state index in [0.29, 0.717) is 12.0 Å². The van der Waals surface area contributed by atoms with Gasteiger partial charge < -0.3 is 10.6 Å². The Morgan fingerprint density at radius 2 is 2.20 bits per heavy atom. The summed E-state index contributed by atoms with van der Waals surface area (Å²) in [4.78, 5) is 12.2. The van der Waals surface area contributed by atoms with Crippen molar-refractivity contribution in [1.29, 1.82) is 0 Å². The second-order valence-corrected chi connectivity index (χ2v) is 6.48. The maximum absolute atomic E-state index is 12.2. The highest BCUT2D eigenvalue weighted by Gasteiger charge is 2.57. The summed E-state index contributed by atoms with van der Waals surface area (Å²) in [5, 5.41) is 7.20. The van der Waals surface area contributed by atoms with Crippen molar-refractivity contribution in [2.75, 3.05) is 19.6 Å². The van der Waals surface area contributed by atoms with Crippen molar-refractivity contribution in [3.8, 4) is 0 Å². The molecular weight excluding hydrogens is 272 g/mol. The number of nitrogens with one attached hydrogen (secondary N) is 2. The first kappa shape index (κ1) is 13.9. The molecule has 1 amide bonds. The number of carbonyl (C=O) groups excluding carboxylic acids is 1. The molecule has 0 aromatic heterocycles. The molecule has 1 atom stereocenters. The highest BCUT2D eigenvalue weighted by Crippen LogP contribution is 2.58. The minimum absolute atomic E-state index is 0.244. The summed E-state index contributed by atoms with van der Waals surface area (Å²) in [6.07, 6.45) is 4.23. The van der Waals surface area contributed by atoms with Crippen molar-refractivity contribution in [3.63, 3.8) is 0 Å². The van der Waals surface area contributed by atoms with E-state index < -0.39 is 0 Å². The van der Waals surface area contributed by atoms with E-state index in [0.717, 1.165) is 43.8 Å². The monoisotopic (exact) mass is 292 g/mol.